The number of rotatable bonds is 1. The van der Waals surface area contributed by atoms with Gasteiger partial charge in [0, 0.05) is 6.04 Å². The Balaban J connectivity index is 1.91. The molecule has 0 saturated carbocycles. The lowest BCUT2D eigenvalue weighted by molar-refractivity contribution is -0.147. The number of carbonyl (C=O) groups is 1. The van der Waals surface area contributed by atoms with Gasteiger partial charge in [0.15, 0.2) is 0 Å². The molecule has 0 aromatic carbocycles. The van der Waals surface area contributed by atoms with Gasteiger partial charge in [-0.25, -0.2) is 0 Å². The molecule has 3 nitrogen and oxygen atoms in total. The van der Waals surface area contributed by atoms with Crippen molar-refractivity contribution in [1.82, 2.24) is 5.32 Å². The van der Waals surface area contributed by atoms with E-state index in [1.807, 2.05) is 12.2 Å². The number of morpholine rings is 1. The minimum absolute atomic E-state index is 0.147. The molecule has 0 radical (unpaired) electrons. The predicted molar refractivity (Wildman–Crippen MR) is 49.1 cm³/mol. The summed E-state index contributed by atoms with van der Waals surface area (Å²) in [5, 5.41) is 3.18. The Labute approximate surface area is 77.5 Å². The van der Waals surface area contributed by atoms with E-state index in [0.717, 1.165) is 6.42 Å². The zero-order valence-corrected chi connectivity index (χ0v) is 7.40. The van der Waals surface area contributed by atoms with E-state index in [4.69, 9.17) is 4.74 Å². The van der Waals surface area contributed by atoms with E-state index in [0.29, 0.717) is 25.1 Å². The average Bonchev–Trinajstić information content (AvgIpc) is 2.20. The van der Waals surface area contributed by atoms with Crippen LogP contribution < -0.4 is 5.32 Å². The SMILES string of the molecule is O=C1CN[C@@H](C2C=CC=CC2)CO1. The summed E-state index contributed by atoms with van der Waals surface area (Å²) in [6.07, 6.45) is 9.43. The molecule has 1 N–H and O–H groups in total. The highest BCUT2D eigenvalue weighted by atomic mass is 16.5. The number of allylic oxidation sites excluding steroid dienone is 3. The van der Waals surface area contributed by atoms with Gasteiger partial charge in [-0.2, -0.15) is 0 Å². The maximum Gasteiger partial charge on any atom is 0.319 e. The van der Waals surface area contributed by atoms with Crippen LogP contribution in [0.25, 0.3) is 0 Å². The molecular weight excluding hydrogens is 166 g/mol. The third-order valence-electron chi connectivity index (χ3n) is 2.46. The van der Waals surface area contributed by atoms with Crippen LogP contribution in [0.1, 0.15) is 6.42 Å². The highest BCUT2D eigenvalue weighted by Gasteiger charge is 2.24. The van der Waals surface area contributed by atoms with Crippen LogP contribution in [0, 0.1) is 5.92 Å². The van der Waals surface area contributed by atoms with Crippen molar-refractivity contribution in [2.45, 2.75) is 12.5 Å². The van der Waals surface area contributed by atoms with E-state index in [1.54, 1.807) is 0 Å². The van der Waals surface area contributed by atoms with Crippen molar-refractivity contribution >= 4 is 5.97 Å². The van der Waals surface area contributed by atoms with E-state index in [1.165, 1.54) is 0 Å². The summed E-state index contributed by atoms with van der Waals surface area (Å²) < 4.78 is 4.98. The Morgan fingerprint density at radius 2 is 2.38 bits per heavy atom. The standard InChI is InChI=1S/C10H13NO2/c12-10-6-11-9(7-13-10)8-4-2-1-3-5-8/h1-4,8-9,11H,5-7H2/t8?,9-/m1/s1. The summed E-state index contributed by atoms with van der Waals surface area (Å²) in [5.74, 6) is 0.324. The summed E-state index contributed by atoms with van der Waals surface area (Å²) in [4.78, 5) is 10.8. The quantitative estimate of drug-likeness (QED) is 0.600. The maximum atomic E-state index is 10.8. The lowest BCUT2D eigenvalue weighted by Gasteiger charge is -2.29. The molecule has 0 spiro atoms. The molecule has 2 atom stereocenters. The molecule has 13 heavy (non-hydrogen) atoms. The first kappa shape index (κ1) is 8.51. The lowest BCUT2D eigenvalue weighted by Crippen LogP contribution is -2.47. The van der Waals surface area contributed by atoms with E-state index < -0.39 is 0 Å². The summed E-state index contributed by atoms with van der Waals surface area (Å²) in [6.45, 7) is 0.848. The van der Waals surface area contributed by atoms with Crippen LogP contribution in [0.5, 0.6) is 0 Å². The van der Waals surface area contributed by atoms with E-state index >= 15 is 0 Å². The van der Waals surface area contributed by atoms with Crippen LogP contribution in [0.15, 0.2) is 24.3 Å². The molecule has 0 bridgehead atoms. The number of hydrogen-bond acceptors (Lipinski definition) is 3. The van der Waals surface area contributed by atoms with Crippen molar-refractivity contribution < 1.29 is 9.53 Å². The summed E-state index contributed by atoms with van der Waals surface area (Å²) >= 11 is 0. The largest absolute Gasteiger partial charge is 0.463 e. The molecule has 2 aliphatic rings. The molecule has 2 rings (SSSR count). The fraction of sp³-hybridized carbons (Fsp3) is 0.500. The predicted octanol–water partition coefficient (Wildman–Crippen LogP) is 0.634. The van der Waals surface area contributed by atoms with Crippen LogP contribution in [-0.4, -0.2) is 25.2 Å². The first-order chi connectivity index (χ1) is 6.36. The number of hydrogen-bond donors (Lipinski definition) is 1. The fourth-order valence-electron chi connectivity index (χ4n) is 1.68. The number of carbonyl (C=O) groups excluding carboxylic acids is 1. The highest BCUT2D eigenvalue weighted by Crippen LogP contribution is 2.17. The molecule has 0 aromatic heterocycles. The van der Waals surface area contributed by atoms with Crippen molar-refractivity contribution in [3.05, 3.63) is 24.3 Å². The van der Waals surface area contributed by atoms with E-state index in [9.17, 15) is 4.79 Å². The van der Waals surface area contributed by atoms with Gasteiger partial charge in [-0.1, -0.05) is 24.3 Å². The topological polar surface area (TPSA) is 38.3 Å². The summed E-state index contributed by atoms with van der Waals surface area (Å²) in [7, 11) is 0. The highest BCUT2D eigenvalue weighted by molar-refractivity contribution is 5.72. The molecular formula is C10H13NO2. The zero-order valence-electron chi connectivity index (χ0n) is 7.40. The van der Waals surface area contributed by atoms with Gasteiger partial charge in [0.1, 0.15) is 6.61 Å². The lowest BCUT2D eigenvalue weighted by atomic mass is 9.92. The molecule has 3 heteroatoms. The van der Waals surface area contributed by atoms with Gasteiger partial charge < -0.3 is 10.1 Å². The molecule has 0 amide bonds. The number of nitrogens with one attached hydrogen (secondary N) is 1. The number of cyclic esters (lactones) is 1. The molecule has 1 fully saturated rings. The normalized spacial score (nSPS) is 33.1. The molecule has 1 aliphatic heterocycles. The first-order valence-corrected chi connectivity index (χ1v) is 4.58. The monoisotopic (exact) mass is 179 g/mol. The molecule has 1 heterocycles. The average molecular weight is 179 g/mol. The molecule has 1 unspecified atom stereocenters. The number of esters is 1. The van der Waals surface area contributed by atoms with Crippen LogP contribution in [0.3, 0.4) is 0 Å². The van der Waals surface area contributed by atoms with Crippen molar-refractivity contribution in [2.24, 2.45) is 5.92 Å². The Morgan fingerprint density at radius 1 is 1.46 bits per heavy atom. The van der Waals surface area contributed by atoms with Gasteiger partial charge in [-0.05, 0) is 12.3 Å². The zero-order chi connectivity index (χ0) is 9.10. The van der Waals surface area contributed by atoms with Gasteiger partial charge in [-0.15, -0.1) is 0 Å². The van der Waals surface area contributed by atoms with Crippen molar-refractivity contribution in [3.8, 4) is 0 Å². The first-order valence-electron chi connectivity index (χ1n) is 4.58. The van der Waals surface area contributed by atoms with Crippen LogP contribution in [-0.2, 0) is 9.53 Å². The Morgan fingerprint density at radius 3 is 3.00 bits per heavy atom. The van der Waals surface area contributed by atoms with Crippen LogP contribution >= 0.6 is 0 Å². The minimum Gasteiger partial charge on any atom is -0.463 e. The molecule has 1 saturated heterocycles. The van der Waals surface area contributed by atoms with Gasteiger partial charge in [-0.3, -0.25) is 4.79 Å². The Kier molecular flexibility index (Phi) is 2.45. The van der Waals surface area contributed by atoms with Crippen LogP contribution in [0.2, 0.25) is 0 Å². The minimum atomic E-state index is -0.147. The Hall–Kier alpha value is -1.09. The fourth-order valence-corrected chi connectivity index (χ4v) is 1.68. The van der Waals surface area contributed by atoms with Crippen molar-refractivity contribution in [1.29, 1.82) is 0 Å². The van der Waals surface area contributed by atoms with Gasteiger partial charge in [0.25, 0.3) is 0 Å². The van der Waals surface area contributed by atoms with E-state index in [-0.39, 0.29) is 5.97 Å². The third-order valence-corrected chi connectivity index (χ3v) is 2.46. The second-order valence-electron chi connectivity index (χ2n) is 3.38. The molecule has 70 valence electrons. The van der Waals surface area contributed by atoms with E-state index in [2.05, 4.69) is 17.5 Å². The van der Waals surface area contributed by atoms with Gasteiger partial charge in [0.05, 0.1) is 6.54 Å². The number of ether oxygens (including phenoxy) is 1. The van der Waals surface area contributed by atoms with Crippen molar-refractivity contribution in [2.75, 3.05) is 13.2 Å². The second kappa shape index (κ2) is 3.75. The summed E-state index contributed by atoms with van der Waals surface area (Å²) in [5.41, 5.74) is 0. The molecule has 0 aromatic rings. The van der Waals surface area contributed by atoms with Crippen molar-refractivity contribution in [3.63, 3.8) is 0 Å². The van der Waals surface area contributed by atoms with Gasteiger partial charge >= 0.3 is 5.97 Å². The second-order valence-corrected chi connectivity index (χ2v) is 3.38. The molecule has 1 aliphatic carbocycles. The smallest absolute Gasteiger partial charge is 0.319 e. The maximum absolute atomic E-state index is 10.8. The van der Waals surface area contributed by atoms with Gasteiger partial charge in [0.2, 0.25) is 0 Å². The third kappa shape index (κ3) is 1.98. The summed E-state index contributed by atoms with van der Waals surface area (Å²) in [6, 6.07) is 0.291. The Bertz CT molecular complexity index is 248. The van der Waals surface area contributed by atoms with Crippen LogP contribution in [0.4, 0.5) is 0 Å².